The van der Waals surface area contributed by atoms with Crippen LogP contribution in [0.4, 0.5) is 5.69 Å². The van der Waals surface area contributed by atoms with E-state index in [1.165, 1.54) is 5.56 Å². The van der Waals surface area contributed by atoms with Crippen LogP contribution >= 0.6 is 0 Å². The van der Waals surface area contributed by atoms with E-state index in [2.05, 4.69) is 44.3 Å². The van der Waals surface area contributed by atoms with Crippen molar-refractivity contribution in [1.82, 2.24) is 0 Å². The minimum Gasteiger partial charge on any atom is -0.494 e. The molecule has 0 aliphatic rings. The van der Waals surface area contributed by atoms with Crippen LogP contribution in [0.1, 0.15) is 53.7 Å². The Morgan fingerprint density at radius 2 is 1.38 bits per heavy atom. The molecular formula is C28H33NO3. The second-order valence-corrected chi connectivity index (χ2v) is 7.86. The number of hydrogen-bond acceptors (Lipinski definition) is 3. The van der Waals surface area contributed by atoms with Gasteiger partial charge in [-0.25, -0.2) is 0 Å². The number of para-hydroxylation sites is 1. The van der Waals surface area contributed by atoms with Gasteiger partial charge in [-0.1, -0.05) is 44.2 Å². The third kappa shape index (κ3) is 6.61. The van der Waals surface area contributed by atoms with E-state index in [-0.39, 0.29) is 5.91 Å². The second-order valence-electron chi connectivity index (χ2n) is 7.86. The van der Waals surface area contributed by atoms with Gasteiger partial charge >= 0.3 is 0 Å². The Morgan fingerprint density at radius 3 is 1.97 bits per heavy atom. The lowest BCUT2D eigenvalue weighted by Crippen LogP contribution is -2.14. The molecule has 0 fully saturated rings. The Balaban J connectivity index is 1.44. The first-order valence-electron chi connectivity index (χ1n) is 11.4. The van der Waals surface area contributed by atoms with Gasteiger partial charge in [-0.05, 0) is 85.7 Å². The summed E-state index contributed by atoms with van der Waals surface area (Å²) in [6.45, 7) is 7.55. The van der Waals surface area contributed by atoms with Crippen LogP contribution in [-0.4, -0.2) is 19.1 Å². The number of aryl methyl sites for hydroxylation is 3. The first-order valence-corrected chi connectivity index (χ1v) is 11.4. The lowest BCUT2D eigenvalue weighted by molar-refractivity contribution is 0.102. The molecule has 168 valence electrons. The van der Waals surface area contributed by atoms with Gasteiger partial charge in [0.25, 0.3) is 5.91 Å². The Bertz CT molecular complexity index is 989. The summed E-state index contributed by atoms with van der Waals surface area (Å²) >= 11 is 0. The van der Waals surface area contributed by atoms with Crippen LogP contribution in [0, 0.1) is 6.92 Å². The first-order chi connectivity index (χ1) is 15.6. The average molecular weight is 432 g/mol. The van der Waals surface area contributed by atoms with Gasteiger partial charge in [0.1, 0.15) is 11.5 Å². The molecule has 0 bridgehead atoms. The van der Waals surface area contributed by atoms with Crippen molar-refractivity contribution in [3.63, 3.8) is 0 Å². The van der Waals surface area contributed by atoms with Gasteiger partial charge in [0.15, 0.2) is 0 Å². The van der Waals surface area contributed by atoms with Gasteiger partial charge in [0.05, 0.1) is 13.2 Å². The molecule has 4 nitrogen and oxygen atoms in total. The zero-order valence-corrected chi connectivity index (χ0v) is 19.3. The third-order valence-electron chi connectivity index (χ3n) is 5.42. The number of unbranched alkanes of at least 4 members (excludes halogenated alkanes) is 1. The van der Waals surface area contributed by atoms with E-state index < -0.39 is 0 Å². The van der Waals surface area contributed by atoms with Gasteiger partial charge in [-0.15, -0.1) is 0 Å². The molecule has 0 saturated heterocycles. The maximum Gasteiger partial charge on any atom is 0.255 e. The van der Waals surface area contributed by atoms with Crippen molar-refractivity contribution in [1.29, 1.82) is 0 Å². The van der Waals surface area contributed by atoms with Crippen LogP contribution in [-0.2, 0) is 12.8 Å². The van der Waals surface area contributed by atoms with Gasteiger partial charge in [0.2, 0.25) is 0 Å². The summed E-state index contributed by atoms with van der Waals surface area (Å²) in [5.74, 6) is 1.58. The zero-order valence-electron chi connectivity index (χ0n) is 19.3. The average Bonchev–Trinajstić information content (AvgIpc) is 2.81. The summed E-state index contributed by atoms with van der Waals surface area (Å²) in [6.07, 6.45) is 3.59. The molecule has 3 rings (SSSR count). The number of anilines is 1. The van der Waals surface area contributed by atoms with Crippen molar-refractivity contribution in [2.75, 3.05) is 18.5 Å². The maximum absolute atomic E-state index is 12.8. The molecule has 4 heteroatoms. The molecule has 1 amide bonds. The lowest BCUT2D eigenvalue weighted by Gasteiger charge is -2.14. The maximum atomic E-state index is 12.8. The van der Waals surface area contributed by atoms with Crippen LogP contribution in [0.25, 0.3) is 0 Å². The number of nitrogens with one attached hydrogen (secondary N) is 1. The summed E-state index contributed by atoms with van der Waals surface area (Å²) < 4.78 is 11.6. The molecule has 0 saturated carbocycles. The number of ether oxygens (including phenoxy) is 2. The topological polar surface area (TPSA) is 47.6 Å². The summed E-state index contributed by atoms with van der Waals surface area (Å²) in [5.41, 5.74) is 5.07. The molecule has 32 heavy (non-hydrogen) atoms. The molecule has 0 atom stereocenters. The fraction of sp³-hybridized carbons (Fsp3) is 0.321. The van der Waals surface area contributed by atoms with Crippen molar-refractivity contribution in [2.45, 2.75) is 46.5 Å². The molecule has 3 aromatic rings. The standard InChI is InChI=1S/C28H33NO3/c1-4-22-11-9-12-23(5-2)27(22)29-28(30)24-14-16-25(17-15-24)31-18-6-7-19-32-26-13-8-10-21(3)20-26/h8-17,20H,4-7,18-19H2,1-3H3,(H,29,30). The first kappa shape index (κ1) is 23.4. The molecule has 1 N–H and O–H groups in total. The van der Waals surface area contributed by atoms with Crippen LogP contribution < -0.4 is 14.8 Å². The van der Waals surface area contributed by atoms with Crippen molar-refractivity contribution in [3.8, 4) is 11.5 Å². The molecular weight excluding hydrogens is 398 g/mol. The van der Waals surface area contributed by atoms with E-state index in [9.17, 15) is 4.79 Å². The van der Waals surface area contributed by atoms with E-state index in [0.29, 0.717) is 18.8 Å². The molecule has 0 aromatic heterocycles. The number of rotatable bonds is 11. The molecule has 0 radical (unpaired) electrons. The molecule has 0 aliphatic carbocycles. The molecule has 0 aliphatic heterocycles. The van der Waals surface area contributed by atoms with E-state index >= 15 is 0 Å². The number of carbonyl (C=O) groups is 1. The highest BCUT2D eigenvalue weighted by Crippen LogP contribution is 2.24. The van der Waals surface area contributed by atoms with Crippen LogP contribution in [0.5, 0.6) is 11.5 Å². The van der Waals surface area contributed by atoms with Crippen molar-refractivity contribution in [3.05, 3.63) is 89.0 Å². The van der Waals surface area contributed by atoms with Gasteiger partial charge in [-0.2, -0.15) is 0 Å². The van der Waals surface area contributed by atoms with Crippen LogP contribution in [0.2, 0.25) is 0 Å². The number of amides is 1. The summed E-state index contributed by atoms with van der Waals surface area (Å²) in [7, 11) is 0. The predicted octanol–water partition coefficient (Wildman–Crippen LogP) is 6.61. The summed E-state index contributed by atoms with van der Waals surface area (Å²) in [6, 6.07) is 21.6. The Labute approximate surface area is 191 Å². The Kier molecular flexibility index (Phi) is 8.73. The number of hydrogen-bond donors (Lipinski definition) is 1. The Hall–Kier alpha value is -3.27. The number of benzene rings is 3. The van der Waals surface area contributed by atoms with E-state index in [0.717, 1.165) is 54.0 Å². The normalized spacial score (nSPS) is 10.6. The largest absolute Gasteiger partial charge is 0.494 e. The van der Waals surface area contributed by atoms with Gasteiger partial charge < -0.3 is 14.8 Å². The highest BCUT2D eigenvalue weighted by atomic mass is 16.5. The van der Waals surface area contributed by atoms with Gasteiger partial charge in [0, 0.05) is 11.3 Å². The van der Waals surface area contributed by atoms with Gasteiger partial charge in [-0.3, -0.25) is 4.79 Å². The SMILES string of the molecule is CCc1cccc(CC)c1NC(=O)c1ccc(OCCCCOc2cccc(C)c2)cc1. The third-order valence-corrected chi connectivity index (χ3v) is 5.42. The molecule has 0 heterocycles. The summed E-state index contributed by atoms with van der Waals surface area (Å²) in [5, 5.41) is 3.11. The minimum absolute atomic E-state index is 0.0968. The molecule has 0 spiro atoms. The summed E-state index contributed by atoms with van der Waals surface area (Å²) in [4.78, 5) is 12.8. The van der Waals surface area contributed by atoms with Crippen LogP contribution in [0.15, 0.2) is 66.7 Å². The van der Waals surface area contributed by atoms with Crippen molar-refractivity contribution < 1.29 is 14.3 Å². The monoisotopic (exact) mass is 431 g/mol. The minimum atomic E-state index is -0.0968. The van der Waals surface area contributed by atoms with Crippen LogP contribution in [0.3, 0.4) is 0 Å². The smallest absolute Gasteiger partial charge is 0.255 e. The predicted molar refractivity (Wildman–Crippen MR) is 131 cm³/mol. The quantitative estimate of drug-likeness (QED) is 0.348. The van der Waals surface area contributed by atoms with Crippen molar-refractivity contribution in [2.24, 2.45) is 0 Å². The van der Waals surface area contributed by atoms with Crippen molar-refractivity contribution >= 4 is 11.6 Å². The zero-order chi connectivity index (χ0) is 22.8. The van der Waals surface area contributed by atoms with E-state index in [1.54, 1.807) is 0 Å². The Morgan fingerprint density at radius 1 is 0.781 bits per heavy atom. The fourth-order valence-electron chi connectivity index (χ4n) is 3.58. The highest BCUT2D eigenvalue weighted by molar-refractivity contribution is 6.05. The number of carbonyl (C=O) groups excluding carboxylic acids is 1. The van der Waals surface area contributed by atoms with E-state index in [1.807, 2.05) is 48.5 Å². The second kappa shape index (κ2) is 11.9. The lowest BCUT2D eigenvalue weighted by atomic mass is 10.0. The fourth-order valence-corrected chi connectivity index (χ4v) is 3.58. The highest BCUT2D eigenvalue weighted by Gasteiger charge is 2.12. The van der Waals surface area contributed by atoms with E-state index in [4.69, 9.17) is 9.47 Å². The molecule has 3 aromatic carbocycles. The molecule has 0 unspecified atom stereocenters.